The van der Waals surface area contributed by atoms with Gasteiger partial charge in [0.1, 0.15) is 0 Å². The van der Waals surface area contributed by atoms with Gasteiger partial charge in [-0.25, -0.2) is 0 Å². The molecule has 21 aromatic rings. The zero-order valence-corrected chi connectivity index (χ0v) is 75.1. The summed E-state index contributed by atoms with van der Waals surface area (Å²) in [6.07, 6.45) is 7.34. The van der Waals surface area contributed by atoms with Gasteiger partial charge in [-0.2, -0.15) is 146 Å². The van der Waals surface area contributed by atoms with E-state index in [9.17, 15) is 0 Å². The van der Waals surface area contributed by atoms with E-state index < -0.39 is 0 Å². The molecule has 0 atom stereocenters. The minimum atomic E-state index is 0. The van der Waals surface area contributed by atoms with Crippen molar-refractivity contribution in [1.82, 2.24) is 48.7 Å². The summed E-state index contributed by atoms with van der Waals surface area (Å²) in [5.74, 6) is 0. The fourth-order valence-electron chi connectivity index (χ4n) is 14.9. The van der Waals surface area contributed by atoms with Crippen LogP contribution < -0.4 is 0 Å². The predicted octanol–water partition coefficient (Wildman–Crippen LogP) is 24.1. The first-order valence-corrected chi connectivity index (χ1v) is 36.8. The van der Waals surface area contributed by atoms with Crippen LogP contribution in [0.1, 0.15) is 27.9 Å². The fourth-order valence-corrected chi connectivity index (χ4v) is 14.9. The number of fused-ring (bicyclic) bond motifs is 14. The van der Waals surface area contributed by atoms with Crippen molar-refractivity contribution in [2.75, 3.05) is 0 Å². The molecule has 0 unspecified atom stereocenters. The molecule has 0 N–H and O–H groups in total. The Balaban J connectivity index is 0.000000133. The number of hydrogen-bond donors (Lipinski definition) is 0. The molecule has 0 amide bonds. The van der Waals surface area contributed by atoms with Gasteiger partial charge in [-0.05, 0) is 168 Å². The largest absolute Gasteiger partial charge is 0.258 e. The molecule has 15 heteroatoms. The second-order valence-electron chi connectivity index (χ2n) is 27.2. The third-order valence-corrected chi connectivity index (χ3v) is 20.3. The monoisotopic (exact) mass is 2380 g/mol. The van der Waals surface area contributed by atoms with Gasteiger partial charge in [0.25, 0.3) is 0 Å². The Bertz CT molecular complexity index is 6810. The van der Waals surface area contributed by atoms with Crippen molar-refractivity contribution >= 4 is 81.1 Å². The number of hydrogen-bond acceptors (Lipinski definition) is 5. The van der Waals surface area contributed by atoms with E-state index in [0.29, 0.717) is 0 Å². The SMILES string of the molecule is Cc1c[c-]c2c(c1)c1ccccc1c1ccnn21.Cc1cccc(C)c1-c1c(C)c(C)nn1-c1[c-]cccc1.[Ir].[Ir].[Ir].[Ir].[Ir].[c-]1ccccc1-n1nccc1-c1ccc2c3ccccc3c3ccccc3c2c1.[c-]1ccccc1-n1nccc1-c1ccc2ccccc2c1.[c-]1ccccc1-n1nccc1-c1cccc2ccccc12. The van der Waals surface area contributed by atoms with Crippen LogP contribution in [0.4, 0.5) is 0 Å². The summed E-state index contributed by atoms with van der Waals surface area (Å²) in [6, 6.07) is 129. The van der Waals surface area contributed by atoms with Gasteiger partial charge in [0.05, 0.1) is 34.0 Å². The average Bonchev–Trinajstić information content (AvgIpc) is 1.74. The number of benzene rings is 15. The van der Waals surface area contributed by atoms with Gasteiger partial charge >= 0.3 is 0 Å². The number of aromatic nitrogens is 10. The molecule has 21 rings (SSSR count). The molecule has 0 fully saturated rings. The molecule has 0 aliphatic heterocycles. The third-order valence-electron chi connectivity index (χ3n) is 20.3. The first kappa shape index (κ1) is 83.3. The van der Waals surface area contributed by atoms with Crippen molar-refractivity contribution in [2.45, 2.75) is 34.6 Å². The van der Waals surface area contributed by atoms with E-state index in [2.05, 4.69) is 298 Å². The van der Waals surface area contributed by atoms with Crippen LogP contribution in [0.5, 0.6) is 0 Å². The predicted molar refractivity (Wildman–Crippen MR) is 452 cm³/mol. The molecule has 10 nitrogen and oxygen atoms in total. The number of para-hydroxylation sites is 4. The summed E-state index contributed by atoms with van der Waals surface area (Å²) in [6.45, 7) is 10.6. The van der Waals surface area contributed by atoms with E-state index in [-0.39, 0.29) is 101 Å². The Hall–Kier alpha value is -11.1. The Morgan fingerprint density at radius 3 is 1.25 bits per heavy atom. The molecule has 0 aliphatic rings. The second kappa shape index (κ2) is 37.9. The number of pyridine rings is 1. The van der Waals surface area contributed by atoms with E-state index in [1.165, 1.54) is 109 Å². The fraction of sp³-hybridized carbons (Fsp3) is 0.0500. The Labute approximate surface area is 736 Å². The second-order valence-corrected chi connectivity index (χ2v) is 27.2. The van der Waals surface area contributed by atoms with Crippen molar-refractivity contribution < 1.29 is 101 Å². The summed E-state index contributed by atoms with van der Waals surface area (Å²) < 4.78 is 9.79. The molecule has 0 saturated carbocycles. The summed E-state index contributed by atoms with van der Waals surface area (Å²) in [4.78, 5) is 0. The van der Waals surface area contributed by atoms with Gasteiger partial charge in [0.15, 0.2) is 0 Å². The topological polar surface area (TPSA) is 88.6 Å². The molecular weight excluding hydrogens is 2300 g/mol. The van der Waals surface area contributed by atoms with Crippen LogP contribution in [-0.4, -0.2) is 48.7 Å². The zero-order chi connectivity index (χ0) is 74.4. The molecule has 0 spiro atoms. The van der Waals surface area contributed by atoms with Crippen LogP contribution in [0.2, 0.25) is 0 Å². The van der Waals surface area contributed by atoms with Gasteiger partial charge in [-0.3, -0.25) is 23.2 Å². The molecule has 0 saturated heterocycles. The Morgan fingerprint density at radius 2 is 0.704 bits per heavy atom. The van der Waals surface area contributed by atoms with Crippen LogP contribution in [0.25, 0.3) is 149 Å². The van der Waals surface area contributed by atoms with Crippen LogP contribution in [0, 0.1) is 65.0 Å². The smallest absolute Gasteiger partial charge is 0.0753 e. The maximum absolute atomic E-state index is 4.72. The van der Waals surface area contributed by atoms with Crippen LogP contribution in [0.15, 0.2) is 352 Å². The first-order valence-electron chi connectivity index (χ1n) is 36.8. The van der Waals surface area contributed by atoms with Gasteiger partial charge in [0.2, 0.25) is 0 Å². The molecule has 0 aliphatic carbocycles. The number of aryl methyl sites for hydroxylation is 4. The van der Waals surface area contributed by atoms with Gasteiger partial charge in [-0.1, -0.05) is 194 Å². The minimum Gasteiger partial charge on any atom is -0.258 e. The standard InChI is InChI=1S/C27H17N2.2C19H13N2.C19H19N2.C16H11N2.5Ir/c1-2-8-20(9-3-1)29-27(16-17-28-29)19-14-15-25-23-12-5-4-10-21(23)22-11-6-7-13-24(22)26(25)18-19;1-2-9-16(10-3-1)21-19(13-14-20-21)18-12-6-8-15-7-4-5-11-17(15)18;1-2-8-18(9-3-1)21-19(12-13-20-21)17-11-10-15-6-4-5-7-16(15)14-17;1-13-9-8-10-14(2)18(13)19-15(3)16(4)20-21(19)17-11-6-5-7-12-17;1-11-6-7-15-14(10-11)12-4-2-3-5-13(12)16-8-9-17-18(15)16;;;;;/h1-8,10-18H;1-9,11-14H;1-8,10-14H;5-11H,1-4H3;2-6,8-10H,1H3;;;;;/q5*-1;;;;;. The summed E-state index contributed by atoms with van der Waals surface area (Å²) in [7, 11) is 0. The molecule has 5 radical (unpaired) electrons. The van der Waals surface area contributed by atoms with Crippen molar-refractivity contribution in [3.05, 3.63) is 411 Å². The van der Waals surface area contributed by atoms with E-state index >= 15 is 0 Å². The quantitative estimate of drug-likeness (QED) is 0.112. The Morgan fingerprint density at radius 1 is 0.287 bits per heavy atom. The molecular formula is C100H73Ir5N10-5. The molecule has 0 bridgehead atoms. The first-order chi connectivity index (χ1) is 54.2. The van der Waals surface area contributed by atoms with Gasteiger partial charge < -0.3 is 0 Å². The van der Waals surface area contributed by atoms with E-state index in [4.69, 9.17) is 5.10 Å². The summed E-state index contributed by atoms with van der Waals surface area (Å²) in [5.41, 5.74) is 21.2. The number of nitrogens with zero attached hydrogens (tertiary/aromatic N) is 10. The van der Waals surface area contributed by atoms with Crippen LogP contribution in [-0.2, 0) is 101 Å². The minimum absolute atomic E-state index is 0. The van der Waals surface area contributed by atoms with Crippen molar-refractivity contribution in [2.24, 2.45) is 0 Å². The normalized spacial score (nSPS) is 10.7. The van der Waals surface area contributed by atoms with Crippen molar-refractivity contribution in [3.8, 4) is 67.8 Å². The third kappa shape index (κ3) is 17.2. The zero-order valence-electron chi connectivity index (χ0n) is 63.1. The average molecular weight is 2380 g/mol. The van der Waals surface area contributed by atoms with E-state index in [1.807, 2.05) is 163 Å². The summed E-state index contributed by atoms with van der Waals surface area (Å²) >= 11 is 0. The van der Waals surface area contributed by atoms with Crippen molar-refractivity contribution in [3.63, 3.8) is 0 Å². The maximum atomic E-state index is 4.72. The Kier molecular flexibility index (Phi) is 27.5. The molecule has 15 aromatic carbocycles. The van der Waals surface area contributed by atoms with E-state index in [1.54, 1.807) is 0 Å². The van der Waals surface area contributed by atoms with Crippen molar-refractivity contribution in [1.29, 1.82) is 0 Å². The molecule has 6 aromatic heterocycles. The number of rotatable bonds is 8. The van der Waals surface area contributed by atoms with E-state index in [0.717, 1.165) is 67.7 Å². The van der Waals surface area contributed by atoms with Crippen LogP contribution >= 0.6 is 0 Å². The summed E-state index contributed by atoms with van der Waals surface area (Å²) in [5, 5.41) is 38.9. The molecule has 6 heterocycles. The van der Waals surface area contributed by atoms with Gasteiger partial charge in [-0.15, -0.1) is 29.7 Å². The van der Waals surface area contributed by atoms with Crippen LogP contribution in [0.3, 0.4) is 0 Å². The maximum Gasteiger partial charge on any atom is 0.0753 e. The molecule has 115 heavy (non-hydrogen) atoms. The molecule has 573 valence electrons. The van der Waals surface area contributed by atoms with Gasteiger partial charge in [0, 0.05) is 148 Å².